The van der Waals surface area contributed by atoms with Gasteiger partial charge in [-0.2, -0.15) is 0 Å². The van der Waals surface area contributed by atoms with Gasteiger partial charge in [-0.15, -0.1) is 0 Å². The van der Waals surface area contributed by atoms with E-state index in [0.29, 0.717) is 17.1 Å². The third-order valence-electron chi connectivity index (χ3n) is 3.55. The van der Waals surface area contributed by atoms with Crippen molar-refractivity contribution < 1.29 is 23.8 Å². The van der Waals surface area contributed by atoms with Crippen LogP contribution < -0.4 is 4.74 Å². The predicted octanol–water partition coefficient (Wildman–Crippen LogP) is 4.39. The van der Waals surface area contributed by atoms with E-state index in [1.165, 1.54) is 20.3 Å². The summed E-state index contributed by atoms with van der Waals surface area (Å²) in [7, 11) is 2.56. The van der Waals surface area contributed by atoms with Gasteiger partial charge < -0.3 is 14.2 Å². The molecule has 0 aliphatic rings. The van der Waals surface area contributed by atoms with Crippen molar-refractivity contribution in [1.82, 2.24) is 0 Å². The summed E-state index contributed by atoms with van der Waals surface area (Å²) in [5, 5.41) is 0. The van der Waals surface area contributed by atoms with E-state index >= 15 is 0 Å². The summed E-state index contributed by atoms with van der Waals surface area (Å²) >= 11 is 0. The quantitative estimate of drug-likeness (QED) is 0.755. The van der Waals surface area contributed by atoms with E-state index in [9.17, 15) is 9.59 Å². The molecule has 25 heavy (non-hydrogen) atoms. The van der Waals surface area contributed by atoms with Crippen LogP contribution in [0.25, 0.3) is 6.08 Å². The second kappa shape index (κ2) is 8.15. The Labute approximate surface area is 146 Å². The van der Waals surface area contributed by atoms with Gasteiger partial charge in [0, 0.05) is 5.56 Å². The molecule has 2 aromatic carbocycles. The van der Waals surface area contributed by atoms with Crippen LogP contribution in [0.15, 0.2) is 42.5 Å². The van der Waals surface area contributed by atoms with E-state index in [-0.39, 0.29) is 11.1 Å². The highest BCUT2D eigenvalue weighted by atomic mass is 16.5. The number of aryl methyl sites for hydroxylation is 1. The molecular formula is C20H20O5. The Balaban J connectivity index is 2.62. The maximum Gasteiger partial charge on any atom is 0.338 e. The van der Waals surface area contributed by atoms with Crippen LogP contribution in [0.1, 0.15) is 38.8 Å². The van der Waals surface area contributed by atoms with Crippen LogP contribution in [-0.2, 0) is 9.47 Å². The van der Waals surface area contributed by atoms with Gasteiger partial charge in [0.25, 0.3) is 0 Å². The summed E-state index contributed by atoms with van der Waals surface area (Å²) in [5.41, 5.74) is 2.06. The topological polar surface area (TPSA) is 61.8 Å². The Kier molecular flexibility index (Phi) is 5.95. The zero-order valence-electron chi connectivity index (χ0n) is 14.7. The van der Waals surface area contributed by atoms with E-state index in [4.69, 9.17) is 14.2 Å². The average molecular weight is 340 g/mol. The molecule has 0 aliphatic carbocycles. The van der Waals surface area contributed by atoms with Gasteiger partial charge in [-0.05, 0) is 38.1 Å². The maximum atomic E-state index is 12.2. The molecule has 0 radical (unpaired) electrons. The molecule has 0 bridgehead atoms. The minimum absolute atomic E-state index is 0.207. The van der Waals surface area contributed by atoms with Crippen LogP contribution in [0.4, 0.5) is 0 Å². The van der Waals surface area contributed by atoms with E-state index in [0.717, 1.165) is 5.56 Å². The van der Waals surface area contributed by atoms with Crippen molar-refractivity contribution >= 4 is 18.0 Å². The first kappa shape index (κ1) is 18.3. The summed E-state index contributed by atoms with van der Waals surface area (Å²) < 4.78 is 15.5. The van der Waals surface area contributed by atoms with Gasteiger partial charge in [0.1, 0.15) is 11.5 Å². The highest BCUT2D eigenvalue weighted by Crippen LogP contribution is 2.31. The Hall–Kier alpha value is -3.08. The van der Waals surface area contributed by atoms with Crippen LogP contribution in [-0.4, -0.2) is 26.2 Å². The van der Waals surface area contributed by atoms with Crippen molar-refractivity contribution in [3.05, 3.63) is 64.7 Å². The maximum absolute atomic E-state index is 12.2. The van der Waals surface area contributed by atoms with E-state index in [2.05, 4.69) is 0 Å². The minimum atomic E-state index is -0.564. The van der Waals surface area contributed by atoms with Gasteiger partial charge in [-0.3, -0.25) is 0 Å². The lowest BCUT2D eigenvalue weighted by atomic mass is 10.0. The Morgan fingerprint density at radius 1 is 0.960 bits per heavy atom. The third-order valence-corrected chi connectivity index (χ3v) is 3.55. The number of methoxy groups -OCH3 is 2. The zero-order chi connectivity index (χ0) is 18.4. The highest BCUT2D eigenvalue weighted by molar-refractivity contribution is 5.99. The largest absolute Gasteiger partial charge is 0.465 e. The first-order chi connectivity index (χ1) is 12.0. The Morgan fingerprint density at radius 3 is 2.16 bits per heavy atom. The first-order valence-electron chi connectivity index (χ1n) is 7.72. The van der Waals surface area contributed by atoms with Crippen molar-refractivity contribution in [3.8, 4) is 11.5 Å². The van der Waals surface area contributed by atoms with E-state index in [1.54, 1.807) is 18.2 Å². The lowest BCUT2D eigenvalue weighted by Gasteiger charge is -2.14. The Bertz CT molecular complexity index is 804. The number of benzene rings is 2. The number of esters is 2. The summed E-state index contributed by atoms with van der Waals surface area (Å²) in [4.78, 5) is 24.1. The van der Waals surface area contributed by atoms with Crippen molar-refractivity contribution in [1.29, 1.82) is 0 Å². The highest BCUT2D eigenvalue weighted by Gasteiger charge is 2.20. The molecule has 0 fully saturated rings. The molecule has 130 valence electrons. The molecule has 0 spiro atoms. The van der Waals surface area contributed by atoms with Gasteiger partial charge in [-0.1, -0.05) is 29.8 Å². The molecule has 0 heterocycles. The molecule has 0 amide bonds. The number of allylic oxidation sites excluding steroid dienone is 1. The fourth-order valence-electron chi connectivity index (χ4n) is 2.30. The second-order valence-electron chi connectivity index (χ2n) is 5.33. The monoisotopic (exact) mass is 340 g/mol. The fourth-order valence-corrected chi connectivity index (χ4v) is 2.30. The fraction of sp³-hybridized carbons (Fsp3) is 0.200. The second-order valence-corrected chi connectivity index (χ2v) is 5.33. The van der Waals surface area contributed by atoms with E-state index < -0.39 is 11.9 Å². The predicted molar refractivity (Wildman–Crippen MR) is 95.1 cm³/mol. The molecule has 0 saturated heterocycles. The van der Waals surface area contributed by atoms with Crippen molar-refractivity contribution in [2.45, 2.75) is 13.8 Å². The Morgan fingerprint density at radius 2 is 1.60 bits per heavy atom. The molecule has 0 atom stereocenters. The first-order valence-corrected chi connectivity index (χ1v) is 7.72. The number of hydrogen-bond donors (Lipinski definition) is 0. The molecule has 0 unspecified atom stereocenters. The van der Waals surface area contributed by atoms with Gasteiger partial charge in [0.05, 0.1) is 25.3 Å². The van der Waals surface area contributed by atoms with Crippen molar-refractivity contribution in [2.24, 2.45) is 0 Å². The molecule has 0 saturated carbocycles. The van der Waals surface area contributed by atoms with Crippen molar-refractivity contribution in [3.63, 3.8) is 0 Å². The molecule has 2 aromatic rings. The van der Waals surface area contributed by atoms with Gasteiger partial charge in [-0.25, -0.2) is 9.59 Å². The van der Waals surface area contributed by atoms with Gasteiger partial charge in [0.15, 0.2) is 0 Å². The molecule has 0 aromatic heterocycles. The molecule has 0 N–H and O–H groups in total. The van der Waals surface area contributed by atoms with E-state index in [1.807, 2.05) is 38.1 Å². The molecule has 2 rings (SSSR count). The van der Waals surface area contributed by atoms with Crippen LogP contribution in [0.3, 0.4) is 0 Å². The number of carbonyl (C=O) groups excluding carboxylic acids is 2. The zero-order valence-corrected chi connectivity index (χ0v) is 14.7. The number of carbonyl (C=O) groups is 2. The summed E-state index contributed by atoms with van der Waals surface area (Å²) in [6.45, 7) is 3.80. The van der Waals surface area contributed by atoms with Gasteiger partial charge >= 0.3 is 11.9 Å². The lowest BCUT2D eigenvalue weighted by molar-refractivity contribution is 0.0598. The molecule has 5 heteroatoms. The number of ether oxygens (including phenoxy) is 3. The number of rotatable bonds is 5. The standard InChI is InChI=1S/C20H20O5/c1-5-6-16-17(20(22)24-4)11-14(19(21)23-3)12-18(16)25-15-9-7-13(2)8-10-15/h5-12H,1-4H3. The summed E-state index contributed by atoms with van der Waals surface area (Å²) in [6, 6.07) is 10.4. The minimum Gasteiger partial charge on any atom is -0.465 e. The smallest absolute Gasteiger partial charge is 0.338 e. The molecular weight excluding hydrogens is 320 g/mol. The van der Waals surface area contributed by atoms with Crippen LogP contribution in [0.5, 0.6) is 11.5 Å². The normalized spacial score (nSPS) is 10.6. The SMILES string of the molecule is CC=Cc1c(Oc2ccc(C)cc2)cc(C(=O)OC)cc1C(=O)OC. The summed E-state index contributed by atoms with van der Waals surface area (Å²) in [5.74, 6) is -0.169. The lowest BCUT2D eigenvalue weighted by Crippen LogP contribution is -2.09. The molecule has 5 nitrogen and oxygen atoms in total. The van der Waals surface area contributed by atoms with Crippen LogP contribution >= 0.6 is 0 Å². The molecule has 0 aliphatic heterocycles. The van der Waals surface area contributed by atoms with Crippen molar-refractivity contribution in [2.75, 3.05) is 14.2 Å². The summed E-state index contributed by atoms with van der Waals surface area (Å²) in [6.07, 6.45) is 3.51. The van der Waals surface area contributed by atoms with Crippen LogP contribution in [0, 0.1) is 6.92 Å². The number of hydrogen-bond acceptors (Lipinski definition) is 5. The van der Waals surface area contributed by atoms with Gasteiger partial charge in [0.2, 0.25) is 0 Å². The third kappa shape index (κ3) is 4.26. The van der Waals surface area contributed by atoms with Crippen LogP contribution in [0.2, 0.25) is 0 Å². The average Bonchev–Trinajstić information content (AvgIpc) is 2.63.